The van der Waals surface area contributed by atoms with Crippen LogP contribution in [0.1, 0.15) is 136 Å². The molecule has 0 bridgehead atoms. The molecular weight excluding hydrogens is 398 g/mol. The van der Waals surface area contributed by atoms with Gasteiger partial charge in [0.1, 0.15) is 0 Å². The molecule has 0 atom stereocenters. The fraction of sp³-hybridized carbons (Fsp3) is 0.917. The van der Waals surface area contributed by atoms with E-state index in [0.717, 1.165) is 12.8 Å². The highest BCUT2D eigenvalue weighted by atomic mass is 32.3. The molecule has 0 aliphatic rings. The number of unbranched alkanes of at least 4 members (excludes halogenated alkanes) is 15. The summed E-state index contributed by atoms with van der Waals surface area (Å²) >= 11 is 0. The second kappa shape index (κ2) is 20.5. The molecule has 0 unspecified atom stereocenters. The van der Waals surface area contributed by atoms with E-state index in [1.54, 1.807) is 13.8 Å². The van der Waals surface area contributed by atoms with E-state index in [2.05, 4.69) is 23.3 Å². The SMILES string of the molecule is CCCCCCCC/C=C\CCCCCCCCCCCC(C)(C)OS(=O)(=O)[O-].[NH4+]. The van der Waals surface area contributed by atoms with Crippen molar-refractivity contribution in [2.45, 2.75) is 142 Å². The Kier molecular flexibility index (Phi) is 21.7. The first-order valence-electron chi connectivity index (χ1n) is 12.1. The maximum Gasteiger partial charge on any atom is 0.218 e. The van der Waals surface area contributed by atoms with Crippen LogP contribution in [0, 0.1) is 0 Å². The lowest BCUT2D eigenvalue weighted by molar-refractivity contribution is 0.0856. The second-order valence-corrected chi connectivity index (χ2v) is 9.98. The van der Waals surface area contributed by atoms with Crippen molar-refractivity contribution in [2.75, 3.05) is 0 Å². The first-order chi connectivity index (χ1) is 13.8. The van der Waals surface area contributed by atoms with Gasteiger partial charge >= 0.3 is 0 Å². The molecule has 0 amide bonds. The fourth-order valence-corrected chi connectivity index (χ4v) is 4.28. The molecular formula is C24H51NO4S. The molecule has 0 aliphatic heterocycles. The van der Waals surface area contributed by atoms with Gasteiger partial charge in [0, 0.05) is 0 Å². The zero-order valence-corrected chi connectivity index (χ0v) is 21.2. The molecule has 5 nitrogen and oxygen atoms in total. The van der Waals surface area contributed by atoms with E-state index in [4.69, 9.17) is 0 Å². The largest absolute Gasteiger partial charge is 0.726 e. The molecule has 0 aromatic carbocycles. The van der Waals surface area contributed by atoms with Crippen LogP contribution in [0.25, 0.3) is 0 Å². The summed E-state index contributed by atoms with van der Waals surface area (Å²) in [5.41, 5.74) is -0.885. The van der Waals surface area contributed by atoms with Crippen molar-refractivity contribution >= 4 is 10.4 Å². The average Bonchev–Trinajstić information content (AvgIpc) is 2.61. The van der Waals surface area contributed by atoms with Crippen LogP contribution in [-0.2, 0) is 14.6 Å². The molecule has 0 aliphatic carbocycles. The van der Waals surface area contributed by atoms with Crippen molar-refractivity contribution in [1.82, 2.24) is 6.15 Å². The summed E-state index contributed by atoms with van der Waals surface area (Å²) in [4.78, 5) is 0. The average molecular weight is 450 g/mol. The summed E-state index contributed by atoms with van der Waals surface area (Å²) in [5, 5.41) is 0. The number of rotatable bonds is 21. The molecule has 0 aromatic heterocycles. The molecule has 0 rings (SSSR count). The van der Waals surface area contributed by atoms with Crippen molar-refractivity contribution in [3.63, 3.8) is 0 Å². The normalized spacial score (nSPS) is 12.4. The minimum Gasteiger partial charge on any atom is -0.726 e. The predicted octanol–water partition coefficient (Wildman–Crippen LogP) is 8.22. The molecule has 0 aromatic rings. The number of quaternary nitrogens is 1. The van der Waals surface area contributed by atoms with E-state index in [-0.39, 0.29) is 6.15 Å². The summed E-state index contributed by atoms with van der Waals surface area (Å²) in [6.07, 6.45) is 27.0. The Morgan fingerprint density at radius 2 is 1.07 bits per heavy atom. The van der Waals surface area contributed by atoms with Gasteiger partial charge in [-0.15, -0.1) is 0 Å². The van der Waals surface area contributed by atoms with Crippen LogP contribution >= 0.6 is 0 Å². The van der Waals surface area contributed by atoms with E-state index < -0.39 is 16.0 Å². The van der Waals surface area contributed by atoms with Crippen LogP contribution in [0.3, 0.4) is 0 Å². The summed E-state index contributed by atoms with van der Waals surface area (Å²) in [6, 6.07) is 0. The quantitative estimate of drug-likeness (QED) is 0.0824. The van der Waals surface area contributed by atoms with Crippen molar-refractivity contribution in [2.24, 2.45) is 0 Å². The molecule has 0 saturated carbocycles. The number of hydrogen-bond acceptors (Lipinski definition) is 4. The van der Waals surface area contributed by atoms with E-state index in [9.17, 15) is 13.0 Å². The maximum atomic E-state index is 10.7. The highest BCUT2D eigenvalue weighted by Crippen LogP contribution is 2.21. The van der Waals surface area contributed by atoms with Crippen molar-refractivity contribution in [3.05, 3.63) is 12.2 Å². The first kappa shape index (κ1) is 31.8. The zero-order valence-electron chi connectivity index (χ0n) is 20.4. The van der Waals surface area contributed by atoms with Crippen LogP contribution in [0.15, 0.2) is 12.2 Å². The van der Waals surface area contributed by atoms with Crippen molar-refractivity contribution in [1.29, 1.82) is 0 Å². The summed E-state index contributed by atoms with van der Waals surface area (Å²) in [7, 11) is -4.61. The van der Waals surface area contributed by atoms with Crippen LogP contribution in [-0.4, -0.2) is 18.6 Å². The molecule has 0 saturated heterocycles. The van der Waals surface area contributed by atoms with Gasteiger partial charge in [-0.05, 0) is 46.0 Å². The van der Waals surface area contributed by atoms with Crippen molar-refractivity contribution < 1.29 is 17.2 Å². The first-order valence-corrected chi connectivity index (χ1v) is 13.4. The highest BCUT2D eigenvalue weighted by molar-refractivity contribution is 7.80. The minimum absolute atomic E-state index is 0. The van der Waals surface area contributed by atoms with E-state index in [1.807, 2.05) is 0 Å². The molecule has 6 heteroatoms. The molecule has 182 valence electrons. The Balaban J connectivity index is 0. The maximum absolute atomic E-state index is 10.7. The van der Waals surface area contributed by atoms with Gasteiger partial charge in [0.2, 0.25) is 10.4 Å². The van der Waals surface area contributed by atoms with E-state index in [1.165, 1.54) is 96.3 Å². The van der Waals surface area contributed by atoms with Crippen LogP contribution in [0.4, 0.5) is 0 Å². The smallest absolute Gasteiger partial charge is 0.218 e. The molecule has 0 radical (unpaired) electrons. The van der Waals surface area contributed by atoms with E-state index >= 15 is 0 Å². The summed E-state index contributed by atoms with van der Waals surface area (Å²) in [6.45, 7) is 5.58. The van der Waals surface area contributed by atoms with E-state index in [0.29, 0.717) is 6.42 Å². The highest BCUT2D eigenvalue weighted by Gasteiger charge is 2.21. The van der Waals surface area contributed by atoms with Crippen molar-refractivity contribution in [3.8, 4) is 0 Å². The van der Waals surface area contributed by atoms with Gasteiger partial charge in [-0.3, -0.25) is 4.18 Å². The fourth-order valence-electron chi connectivity index (χ4n) is 3.65. The minimum atomic E-state index is -4.61. The topological polar surface area (TPSA) is 103 Å². The third-order valence-corrected chi connectivity index (χ3v) is 6.02. The predicted molar refractivity (Wildman–Crippen MR) is 129 cm³/mol. The summed E-state index contributed by atoms with van der Waals surface area (Å²) in [5.74, 6) is 0. The number of hydrogen-bond donors (Lipinski definition) is 1. The van der Waals surface area contributed by atoms with Crippen LogP contribution in [0.5, 0.6) is 0 Å². The van der Waals surface area contributed by atoms with Crippen LogP contribution in [0.2, 0.25) is 0 Å². The van der Waals surface area contributed by atoms with Gasteiger partial charge in [0.15, 0.2) is 0 Å². The number of allylic oxidation sites excluding steroid dienone is 2. The third-order valence-electron chi connectivity index (χ3n) is 5.37. The van der Waals surface area contributed by atoms with Gasteiger partial charge in [0.25, 0.3) is 0 Å². The van der Waals surface area contributed by atoms with Crippen LogP contribution < -0.4 is 6.15 Å². The molecule has 4 N–H and O–H groups in total. The summed E-state index contributed by atoms with van der Waals surface area (Å²) < 4.78 is 36.6. The Morgan fingerprint density at radius 3 is 1.47 bits per heavy atom. The van der Waals surface area contributed by atoms with Gasteiger partial charge in [-0.25, -0.2) is 8.42 Å². The lowest BCUT2D eigenvalue weighted by Gasteiger charge is -2.26. The van der Waals surface area contributed by atoms with Gasteiger partial charge in [0.05, 0.1) is 5.60 Å². The lowest BCUT2D eigenvalue weighted by atomic mass is 9.99. The standard InChI is InChI=1S/C24H48O4S.H3N/c1-4-5-6-7-8-9-10-11-12-13-14-15-16-17-18-19-20-21-22-23-24(2,3)28-29(25,26)27;/h11-12H,4-10,13-23H2,1-3H3,(H,25,26,27);1H3/b12-11-;. The van der Waals surface area contributed by atoms with Gasteiger partial charge in [-0.2, -0.15) is 0 Å². The molecule has 30 heavy (non-hydrogen) atoms. The monoisotopic (exact) mass is 449 g/mol. The third kappa shape index (κ3) is 25.6. The zero-order chi connectivity index (χ0) is 21.8. The van der Waals surface area contributed by atoms with Gasteiger partial charge < -0.3 is 10.7 Å². The Bertz CT molecular complexity index is 489. The molecule has 0 heterocycles. The Hall–Kier alpha value is -0.430. The molecule has 0 spiro atoms. The Labute approximate surface area is 188 Å². The Morgan fingerprint density at radius 1 is 0.700 bits per heavy atom. The second-order valence-electron chi connectivity index (χ2n) is 9.00. The molecule has 0 fully saturated rings. The van der Waals surface area contributed by atoms with Gasteiger partial charge in [-0.1, -0.05) is 103 Å². The lowest BCUT2D eigenvalue weighted by Crippen LogP contribution is -2.27.